The highest BCUT2D eigenvalue weighted by molar-refractivity contribution is 6.01. The molecule has 0 bridgehead atoms. The average molecular weight is 477 g/mol. The second-order valence-electron chi connectivity index (χ2n) is 10.1. The van der Waals surface area contributed by atoms with Crippen molar-refractivity contribution in [3.8, 4) is 0 Å². The van der Waals surface area contributed by atoms with Crippen LogP contribution in [-0.2, 0) is 20.7 Å². The Bertz CT molecular complexity index is 1030. The Morgan fingerprint density at radius 3 is 2.60 bits per heavy atom. The number of hydrogen-bond donors (Lipinski definition) is 0. The van der Waals surface area contributed by atoms with Crippen LogP contribution in [0.4, 0.5) is 0 Å². The molecule has 1 aromatic carbocycles. The molecule has 0 saturated carbocycles. The highest BCUT2D eigenvalue weighted by atomic mass is 16.5. The Kier molecular flexibility index (Phi) is 9.83. The molecule has 2 aliphatic rings. The number of allylic oxidation sites excluding steroid dienone is 4. The molecule has 35 heavy (non-hydrogen) atoms. The first-order chi connectivity index (χ1) is 16.8. The van der Waals surface area contributed by atoms with Crippen molar-refractivity contribution < 1.29 is 19.1 Å². The van der Waals surface area contributed by atoms with E-state index in [1.165, 1.54) is 6.92 Å². The summed E-state index contributed by atoms with van der Waals surface area (Å²) < 4.78 is 6.01. The van der Waals surface area contributed by atoms with Crippen molar-refractivity contribution in [2.24, 2.45) is 17.8 Å². The lowest BCUT2D eigenvalue weighted by Crippen LogP contribution is -2.30. The standard InChI is InChI=1S/C31H40O4/c1-5-12-24(26(6-2)28(33)17-21(3)32)18-23-19-25-14-15-27(22(4)31(25)29(34)20-23)30-13-10-8-7-9-11-16-35-30/h7-9,11,13-15,23-24,26H,5-6,10,12,16-20H2,1-4H3/b8-7-,11-9-,30-13?. The molecular formula is C31H40O4. The second-order valence-corrected chi connectivity index (χ2v) is 10.1. The van der Waals surface area contributed by atoms with E-state index in [9.17, 15) is 14.4 Å². The zero-order valence-corrected chi connectivity index (χ0v) is 21.8. The molecule has 0 saturated heterocycles. The minimum Gasteiger partial charge on any atom is -0.489 e. The third kappa shape index (κ3) is 6.90. The van der Waals surface area contributed by atoms with Gasteiger partial charge in [0.2, 0.25) is 0 Å². The first kappa shape index (κ1) is 26.8. The van der Waals surface area contributed by atoms with Crippen LogP contribution >= 0.6 is 0 Å². The number of ketones is 3. The van der Waals surface area contributed by atoms with Crippen molar-refractivity contribution in [2.45, 2.75) is 79.1 Å². The number of hydrogen-bond acceptors (Lipinski definition) is 4. The van der Waals surface area contributed by atoms with E-state index in [1.54, 1.807) is 0 Å². The molecule has 1 aromatic rings. The molecule has 1 heterocycles. The molecule has 4 nitrogen and oxygen atoms in total. The van der Waals surface area contributed by atoms with E-state index in [2.05, 4.69) is 31.2 Å². The van der Waals surface area contributed by atoms with Crippen LogP contribution in [0.2, 0.25) is 0 Å². The summed E-state index contributed by atoms with van der Waals surface area (Å²) in [5.41, 5.74) is 3.94. The molecule has 1 aliphatic carbocycles. The quantitative estimate of drug-likeness (QED) is 0.341. The molecule has 4 heteroatoms. The third-order valence-corrected chi connectivity index (χ3v) is 7.38. The Labute approximate surface area is 210 Å². The van der Waals surface area contributed by atoms with Gasteiger partial charge in [-0.05, 0) is 74.6 Å². The normalized spacial score (nSPS) is 21.3. The van der Waals surface area contributed by atoms with Crippen LogP contribution in [0.5, 0.6) is 0 Å². The Morgan fingerprint density at radius 2 is 1.89 bits per heavy atom. The smallest absolute Gasteiger partial charge is 0.163 e. The molecule has 3 rings (SSSR count). The number of carbonyl (C=O) groups is 3. The summed E-state index contributed by atoms with van der Waals surface area (Å²) in [5, 5.41) is 0. The van der Waals surface area contributed by atoms with Gasteiger partial charge in [-0.25, -0.2) is 0 Å². The molecule has 0 spiro atoms. The lowest BCUT2D eigenvalue weighted by Gasteiger charge is -2.32. The zero-order valence-electron chi connectivity index (χ0n) is 21.8. The van der Waals surface area contributed by atoms with E-state index in [0.717, 1.165) is 66.5 Å². The third-order valence-electron chi connectivity index (χ3n) is 7.38. The zero-order chi connectivity index (χ0) is 25.4. The largest absolute Gasteiger partial charge is 0.489 e. The molecule has 3 atom stereocenters. The number of rotatable bonds is 10. The van der Waals surface area contributed by atoms with Crippen molar-refractivity contribution in [1.82, 2.24) is 0 Å². The fourth-order valence-corrected chi connectivity index (χ4v) is 5.84. The summed E-state index contributed by atoms with van der Waals surface area (Å²) in [6, 6.07) is 4.19. The van der Waals surface area contributed by atoms with Gasteiger partial charge in [0.1, 0.15) is 23.9 Å². The summed E-state index contributed by atoms with van der Waals surface area (Å²) in [4.78, 5) is 37.8. The fraction of sp³-hybridized carbons (Fsp3) is 0.516. The highest BCUT2D eigenvalue weighted by Gasteiger charge is 2.33. The minimum absolute atomic E-state index is 0.0244. The van der Waals surface area contributed by atoms with Gasteiger partial charge in [-0.3, -0.25) is 14.4 Å². The van der Waals surface area contributed by atoms with Crippen LogP contribution in [0.3, 0.4) is 0 Å². The average Bonchev–Trinajstić information content (AvgIpc) is 2.93. The van der Waals surface area contributed by atoms with Crippen molar-refractivity contribution >= 4 is 23.1 Å². The maximum atomic E-state index is 13.4. The van der Waals surface area contributed by atoms with E-state index >= 15 is 0 Å². The van der Waals surface area contributed by atoms with Crippen molar-refractivity contribution in [3.05, 3.63) is 64.8 Å². The monoisotopic (exact) mass is 476 g/mol. The maximum Gasteiger partial charge on any atom is 0.163 e. The van der Waals surface area contributed by atoms with Gasteiger partial charge in [0, 0.05) is 23.5 Å². The summed E-state index contributed by atoms with van der Waals surface area (Å²) in [5.74, 6) is 1.36. The summed E-state index contributed by atoms with van der Waals surface area (Å²) in [7, 11) is 0. The van der Waals surface area contributed by atoms with Crippen molar-refractivity contribution in [2.75, 3.05) is 6.61 Å². The van der Waals surface area contributed by atoms with Crippen LogP contribution in [0.25, 0.3) is 5.76 Å². The summed E-state index contributed by atoms with van der Waals surface area (Å²) in [6.07, 6.45) is 15.9. The number of fused-ring (bicyclic) bond motifs is 1. The van der Waals surface area contributed by atoms with E-state index in [4.69, 9.17) is 4.74 Å². The summed E-state index contributed by atoms with van der Waals surface area (Å²) in [6.45, 7) is 8.20. The molecule has 0 fully saturated rings. The van der Waals surface area contributed by atoms with Gasteiger partial charge in [-0.15, -0.1) is 0 Å². The van der Waals surface area contributed by atoms with Gasteiger partial charge < -0.3 is 4.74 Å². The Hall–Kier alpha value is -2.75. The van der Waals surface area contributed by atoms with Gasteiger partial charge in [0.05, 0.1) is 6.42 Å². The van der Waals surface area contributed by atoms with E-state index in [0.29, 0.717) is 13.0 Å². The molecule has 0 N–H and O–H groups in total. The number of benzene rings is 1. The predicted molar refractivity (Wildman–Crippen MR) is 141 cm³/mol. The summed E-state index contributed by atoms with van der Waals surface area (Å²) >= 11 is 0. The van der Waals surface area contributed by atoms with E-state index < -0.39 is 0 Å². The lowest BCUT2D eigenvalue weighted by atomic mass is 9.72. The molecule has 0 radical (unpaired) electrons. The number of carbonyl (C=O) groups excluding carboxylic acids is 3. The first-order valence-electron chi connectivity index (χ1n) is 13.2. The van der Waals surface area contributed by atoms with Gasteiger partial charge in [-0.2, -0.15) is 0 Å². The van der Waals surface area contributed by atoms with Gasteiger partial charge >= 0.3 is 0 Å². The van der Waals surface area contributed by atoms with Gasteiger partial charge in [0.25, 0.3) is 0 Å². The van der Waals surface area contributed by atoms with Crippen LogP contribution in [0.1, 0.15) is 92.8 Å². The van der Waals surface area contributed by atoms with E-state index in [-0.39, 0.29) is 41.5 Å². The highest BCUT2D eigenvalue weighted by Crippen LogP contribution is 2.38. The van der Waals surface area contributed by atoms with Crippen LogP contribution < -0.4 is 0 Å². The Balaban J connectivity index is 1.81. The molecule has 0 aromatic heterocycles. The topological polar surface area (TPSA) is 60.4 Å². The maximum absolute atomic E-state index is 13.4. The molecule has 0 amide bonds. The number of ether oxygens (including phenoxy) is 1. The van der Waals surface area contributed by atoms with Gasteiger partial charge in [-0.1, -0.05) is 57.0 Å². The molecular weight excluding hydrogens is 436 g/mol. The predicted octanol–water partition coefficient (Wildman–Crippen LogP) is 6.99. The van der Waals surface area contributed by atoms with E-state index in [1.807, 2.05) is 32.1 Å². The molecule has 1 aliphatic heterocycles. The number of Topliss-reactive ketones (excluding diaryl/α,β-unsaturated/α-hetero) is 3. The van der Waals surface area contributed by atoms with Crippen LogP contribution in [0.15, 0.2) is 42.5 Å². The van der Waals surface area contributed by atoms with Crippen molar-refractivity contribution in [1.29, 1.82) is 0 Å². The van der Waals surface area contributed by atoms with Crippen LogP contribution in [-0.4, -0.2) is 24.0 Å². The molecule has 188 valence electrons. The van der Waals surface area contributed by atoms with Crippen LogP contribution in [0, 0.1) is 24.7 Å². The second kappa shape index (κ2) is 12.8. The molecule has 3 unspecified atom stereocenters. The minimum atomic E-state index is -0.102. The van der Waals surface area contributed by atoms with Crippen molar-refractivity contribution in [3.63, 3.8) is 0 Å². The SMILES string of the molecule is CCCC(CC1CC(=O)c2c(ccc(C3=CC/C=C\C=C/CO3)c2C)C1)C(CC)C(=O)CC(C)=O. The first-order valence-corrected chi connectivity index (χ1v) is 13.2. The fourth-order valence-electron chi connectivity index (χ4n) is 5.84. The van der Waals surface area contributed by atoms with Gasteiger partial charge in [0.15, 0.2) is 5.78 Å². The lowest BCUT2D eigenvalue weighted by molar-refractivity contribution is -0.129. The Morgan fingerprint density at radius 1 is 1.11 bits per heavy atom.